The molecule has 55 heavy (non-hydrogen) atoms. The van der Waals surface area contributed by atoms with Gasteiger partial charge in [0.2, 0.25) is 5.71 Å². The standard InChI is InChI=1S/C50H29N3OS/c1-2-14-34(15-3-1)53-42-21-7-6-17-37(42)40-28-32(23-25-43(40)53)31-12-8-13-33(27-31)36-18-9-20-39-46-38(19-10-22-45(46)55-49(36)39)41-29-51-48-47-35-16-5-4-11-30(35)24-26-44(47)54-50(48)52-41/h1-29H. The summed E-state index contributed by atoms with van der Waals surface area (Å²) in [5.74, 6) is 0. The van der Waals surface area contributed by atoms with Crippen LogP contribution in [0.1, 0.15) is 0 Å². The first-order valence-electron chi connectivity index (χ1n) is 18.5. The Labute approximate surface area is 319 Å². The number of thiophene rings is 1. The average Bonchev–Trinajstić information content (AvgIpc) is 3.93. The van der Waals surface area contributed by atoms with Crippen molar-refractivity contribution < 1.29 is 4.42 Å². The first-order valence-corrected chi connectivity index (χ1v) is 19.3. The van der Waals surface area contributed by atoms with Crippen LogP contribution in [-0.2, 0) is 0 Å². The fourth-order valence-corrected chi connectivity index (χ4v) is 9.86. The fraction of sp³-hybridized carbons (Fsp3) is 0. The molecule has 0 aliphatic carbocycles. The highest BCUT2D eigenvalue weighted by molar-refractivity contribution is 7.26. The third-order valence-corrected chi connectivity index (χ3v) is 12.3. The van der Waals surface area contributed by atoms with Crippen LogP contribution >= 0.6 is 11.3 Å². The number of fused-ring (bicyclic) bond motifs is 11. The summed E-state index contributed by atoms with van der Waals surface area (Å²) in [5.41, 5.74) is 12.4. The Balaban J connectivity index is 0.980. The lowest BCUT2D eigenvalue weighted by molar-refractivity contribution is 0.654. The molecule has 0 radical (unpaired) electrons. The quantitative estimate of drug-likeness (QED) is 0.182. The van der Waals surface area contributed by atoms with Crippen molar-refractivity contribution in [3.63, 3.8) is 0 Å². The Hall–Kier alpha value is -7.08. The summed E-state index contributed by atoms with van der Waals surface area (Å²) >= 11 is 1.83. The fourth-order valence-electron chi connectivity index (χ4n) is 8.59. The van der Waals surface area contributed by atoms with Crippen LogP contribution in [0.5, 0.6) is 0 Å². The molecule has 8 aromatic carbocycles. The third-order valence-electron chi connectivity index (χ3n) is 11.1. The van der Waals surface area contributed by atoms with E-state index in [4.69, 9.17) is 14.4 Å². The van der Waals surface area contributed by atoms with Gasteiger partial charge in [-0.05, 0) is 81.6 Å². The number of rotatable bonds is 4. The highest BCUT2D eigenvalue weighted by Gasteiger charge is 2.19. The van der Waals surface area contributed by atoms with Crippen LogP contribution in [0.15, 0.2) is 180 Å². The summed E-state index contributed by atoms with van der Waals surface area (Å²) in [5, 5.41) is 8.20. The second kappa shape index (κ2) is 11.7. The molecule has 0 aliphatic rings. The molecule has 0 fully saturated rings. The van der Waals surface area contributed by atoms with Crippen LogP contribution < -0.4 is 0 Å². The predicted octanol–water partition coefficient (Wildman–Crippen LogP) is 14.0. The van der Waals surface area contributed by atoms with Crippen molar-refractivity contribution in [2.75, 3.05) is 0 Å². The Bertz CT molecular complexity index is 3500. The van der Waals surface area contributed by atoms with Gasteiger partial charge in [-0.2, -0.15) is 0 Å². The molecule has 0 N–H and O–H groups in total. The zero-order valence-electron chi connectivity index (χ0n) is 29.4. The molecular weight excluding hydrogens is 691 g/mol. The van der Waals surface area contributed by atoms with Crippen molar-refractivity contribution in [1.29, 1.82) is 0 Å². The summed E-state index contributed by atoms with van der Waals surface area (Å²) in [4.78, 5) is 10.1. The van der Waals surface area contributed by atoms with E-state index >= 15 is 0 Å². The van der Waals surface area contributed by atoms with Gasteiger partial charge >= 0.3 is 0 Å². The van der Waals surface area contributed by atoms with E-state index in [0.717, 1.165) is 38.5 Å². The number of para-hydroxylation sites is 2. The summed E-state index contributed by atoms with van der Waals surface area (Å²) < 4.78 is 11.2. The van der Waals surface area contributed by atoms with Gasteiger partial charge in [0.05, 0.1) is 28.3 Å². The molecular formula is C50H29N3OS. The number of furan rings is 1. The summed E-state index contributed by atoms with van der Waals surface area (Å²) in [6.45, 7) is 0. The number of nitrogens with zero attached hydrogens (tertiary/aromatic N) is 3. The highest BCUT2D eigenvalue weighted by atomic mass is 32.1. The largest absolute Gasteiger partial charge is 0.436 e. The van der Waals surface area contributed by atoms with E-state index in [1.807, 2.05) is 23.6 Å². The van der Waals surface area contributed by atoms with Gasteiger partial charge in [-0.3, -0.25) is 0 Å². The molecule has 5 heteroatoms. The Morgan fingerprint density at radius 1 is 0.509 bits per heavy atom. The van der Waals surface area contributed by atoms with Gasteiger partial charge in [-0.15, -0.1) is 11.3 Å². The molecule has 0 aliphatic heterocycles. The minimum Gasteiger partial charge on any atom is -0.436 e. The van der Waals surface area contributed by atoms with Gasteiger partial charge in [0.15, 0.2) is 0 Å². The second-order valence-corrected chi connectivity index (χ2v) is 15.2. The minimum atomic E-state index is 0.556. The summed E-state index contributed by atoms with van der Waals surface area (Å²) in [6.07, 6.45) is 1.90. The maximum atomic E-state index is 6.32. The molecule has 0 unspecified atom stereocenters. The molecule has 0 bridgehead atoms. The van der Waals surface area contributed by atoms with Crippen molar-refractivity contribution in [3.8, 4) is 39.2 Å². The van der Waals surface area contributed by atoms with Gasteiger partial charge in [0.1, 0.15) is 11.1 Å². The maximum Gasteiger partial charge on any atom is 0.246 e. The van der Waals surface area contributed by atoms with Crippen LogP contribution in [0.3, 0.4) is 0 Å². The number of aromatic nitrogens is 3. The van der Waals surface area contributed by atoms with Crippen molar-refractivity contribution in [3.05, 3.63) is 176 Å². The zero-order valence-corrected chi connectivity index (χ0v) is 30.2. The van der Waals surface area contributed by atoms with Gasteiger partial charge < -0.3 is 8.98 Å². The van der Waals surface area contributed by atoms with Crippen LogP contribution in [0, 0.1) is 0 Å². The molecule has 0 atom stereocenters. The van der Waals surface area contributed by atoms with Gasteiger partial charge in [0, 0.05) is 42.2 Å². The molecule has 4 aromatic heterocycles. The van der Waals surface area contributed by atoms with E-state index in [-0.39, 0.29) is 0 Å². The van der Waals surface area contributed by atoms with Gasteiger partial charge in [0.25, 0.3) is 0 Å². The van der Waals surface area contributed by atoms with E-state index in [9.17, 15) is 0 Å². The number of benzene rings is 8. The Morgan fingerprint density at radius 2 is 1.25 bits per heavy atom. The minimum absolute atomic E-state index is 0.556. The number of hydrogen-bond acceptors (Lipinski definition) is 4. The summed E-state index contributed by atoms with van der Waals surface area (Å²) in [7, 11) is 0. The van der Waals surface area contributed by atoms with E-state index < -0.39 is 0 Å². The zero-order chi connectivity index (χ0) is 36.0. The first kappa shape index (κ1) is 30.4. The molecule has 12 aromatic rings. The molecule has 0 spiro atoms. The van der Waals surface area contributed by atoms with E-state index in [1.54, 1.807) is 0 Å². The molecule has 4 nitrogen and oxygen atoms in total. The number of hydrogen-bond donors (Lipinski definition) is 0. The monoisotopic (exact) mass is 719 g/mol. The average molecular weight is 720 g/mol. The van der Waals surface area contributed by atoms with Crippen LogP contribution in [0.4, 0.5) is 0 Å². The van der Waals surface area contributed by atoms with Crippen LogP contribution in [0.2, 0.25) is 0 Å². The molecule has 0 saturated carbocycles. The maximum absolute atomic E-state index is 6.32. The SMILES string of the molecule is c1ccc(-n2c3ccccc3c3cc(-c4cccc(-c5cccc6c5sc5cccc(-c7cnc8c(n7)oc7ccc9ccccc9c78)c56)c4)ccc32)cc1. The molecule has 0 saturated heterocycles. The lowest BCUT2D eigenvalue weighted by atomic mass is 9.96. The lowest BCUT2D eigenvalue weighted by Gasteiger charge is -2.09. The van der Waals surface area contributed by atoms with Crippen molar-refractivity contribution in [2.24, 2.45) is 0 Å². The Kier molecular flexibility index (Phi) is 6.47. The topological polar surface area (TPSA) is 43.9 Å². The van der Waals surface area contributed by atoms with E-state index in [0.29, 0.717) is 5.71 Å². The van der Waals surface area contributed by atoms with Gasteiger partial charge in [-0.1, -0.05) is 121 Å². The highest BCUT2D eigenvalue weighted by Crippen LogP contribution is 2.45. The van der Waals surface area contributed by atoms with Crippen molar-refractivity contribution in [2.45, 2.75) is 0 Å². The van der Waals surface area contributed by atoms with Crippen LogP contribution in [0.25, 0.3) is 114 Å². The predicted molar refractivity (Wildman–Crippen MR) is 230 cm³/mol. The summed E-state index contributed by atoms with van der Waals surface area (Å²) in [6, 6.07) is 60.8. The molecule has 12 rings (SSSR count). The van der Waals surface area contributed by atoms with Crippen molar-refractivity contribution in [1.82, 2.24) is 14.5 Å². The second-order valence-electron chi connectivity index (χ2n) is 14.1. The third kappa shape index (κ3) is 4.57. The van der Waals surface area contributed by atoms with E-state index in [1.165, 1.54) is 69.9 Å². The van der Waals surface area contributed by atoms with E-state index in [2.05, 4.69) is 168 Å². The van der Waals surface area contributed by atoms with Gasteiger partial charge in [-0.25, -0.2) is 9.97 Å². The lowest BCUT2D eigenvalue weighted by Crippen LogP contribution is -1.92. The molecule has 4 heterocycles. The first-order chi connectivity index (χ1) is 27.3. The van der Waals surface area contributed by atoms with Crippen molar-refractivity contribution >= 4 is 86.3 Å². The van der Waals surface area contributed by atoms with Crippen LogP contribution in [-0.4, -0.2) is 14.5 Å². The molecule has 0 amide bonds. The molecule has 256 valence electrons. The Morgan fingerprint density at radius 3 is 2.20 bits per heavy atom. The smallest absolute Gasteiger partial charge is 0.246 e. The normalized spacial score (nSPS) is 12.0.